The zero-order valence-electron chi connectivity index (χ0n) is 4.86. The highest BCUT2D eigenvalue weighted by Gasteiger charge is 2.01. The summed E-state index contributed by atoms with van der Waals surface area (Å²) in [6.45, 7) is 1.88. The first-order valence-corrected chi connectivity index (χ1v) is 2.96. The van der Waals surface area contributed by atoms with Crippen LogP contribution >= 0.6 is 11.6 Å². The Morgan fingerprint density at radius 1 is 1.88 bits per heavy atom. The van der Waals surface area contributed by atoms with Crippen LogP contribution in [0.15, 0.2) is 0 Å². The molecule has 0 rings (SSSR count). The number of Topliss-reactive ketones (excluding diaryl/α,β-unsaturated/α-hetero) is 1. The van der Waals surface area contributed by atoms with Crippen LogP contribution in [0.5, 0.6) is 0 Å². The maximum atomic E-state index is 10.4. The van der Waals surface area contributed by atoms with Crippen LogP contribution in [0, 0.1) is 0 Å². The molecule has 0 saturated heterocycles. The van der Waals surface area contributed by atoms with Gasteiger partial charge in [-0.25, -0.2) is 0 Å². The molecule has 0 aromatic heterocycles. The molecule has 0 spiro atoms. The Hall–Kier alpha value is -0.0800. The van der Waals surface area contributed by atoms with Crippen molar-refractivity contribution in [2.45, 2.75) is 18.7 Å². The fourth-order valence-electron chi connectivity index (χ4n) is 0.397. The van der Waals surface area contributed by atoms with E-state index in [-0.39, 0.29) is 17.7 Å². The SMILES string of the molecule is C[C@H](Cl)CC(=O)CN. The van der Waals surface area contributed by atoms with Gasteiger partial charge in [-0.1, -0.05) is 0 Å². The van der Waals surface area contributed by atoms with E-state index in [9.17, 15) is 4.79 Å². The minimum atomic E-state index is -0.0777. The Balaban J connectivity index is 3.25. The monoisotopic (exact) mass is 135 g/mol. The zero-order chi connectivity index (χ0) is 6.57. The van der Waals surface area contributed by atoms with Crippen LogP contribution in [0.4, 0.5) is 0 Å². The van der Waals surface area contributed by atoms with Gasteiger partial charge in [-0.2, -0.15) is 0 Å². The summed E-state index contributed by atoms with van der Waals surface area (Å²) in [6.07, 6.45) is 0.387. The number of rotatable bonds is 3. The van der Waals surface area contributed by atoms with Crippen LogP contribution in [0.25, 0.3) is 0 Å². The van der Waals surface area contributed by atoms with Crippen LogP contribution in [0.1, 0.15) is 13.3 Å². The molecule has 0 aliphatic rings. The summed E-state index contributed by atoms with van der Waals surface area (Å²) < 4.78 is 0. The van der Waals surface area contributed by atoms with E-state index >= 15 is 0 Å². The third kappa shape index (κ3) is 4.09. The lowest BCUT2D eigenvalue weighted by Crippen LogP contribution is -2.15. The van der Waals surface area contributed by atoms with Crippen molar-refractivity contribution in [3.8, 4) is 0 Å². The van der Waals surface area contributed by atoms with E-state index < -0.39 is 0 Å². The standard InChI is InChI=1S/C5H10ClNO/c1-4(6)2-5(8)3-7/h4H,2-3,7H2,1H3/t4-/m0/s1. The number of carbonyl (C=O) groups is 1. The predicted molar refractivity (Wildman–Crippen MR) is 34.0 cm³/mol. The van der Waals surface area contributed by atoms with Crippen LogP contribution in [-0.2, 0) is 4.79 Å². The molecule has 0 bridgehead atoms. The first-order chi connectivity index (χ1) is 3.66. The van der Waals surface area contributed by atoms with E-state index in [0.717, 1.165) is 0 Å². The van der Waals surface area contributed by atoms with Crippen LogP contribution in [0.2, 0.25) is 0 Å². The van der Waals surface area contributed by atoms with Crippen LogP contribution in [-0.4, -0.2) is 17.7 Å². The van der Waals surface area contributed by atoms with E-state index in [4.69, 9.17) is 17.3 Å². The summed E-state index contributed by atoms with van der Waals surface area (Å²) in [7, 11) is 0. The largest absolute Gasteiger partial charge is 0.324 e. The molecule has 48 valence electrons. The maximum Gasteiger partial charge on any atom is 0.147 e. The van der Waals surface area contributed by atoms with Gasteiger partial charge < -0.3 is 5.73 Å². The average molecular weight is 136 g/mol. The molecule has 0 aliphatic heterocycles. The van der Waals surface area contributed by atoms with Gasteiger partial charge in [0.2, 0.25) is 0 Å². The topological polar surface area (TPSA) is 43.1 Å². The minimum Gasteiger partial charge on any atom is -0.324 e. The van der Waals surface area contributed by atoms with Crippen molar-refractivity contribution in [2.75, 3.05) is 6.54 Å². The fraction of sp³-hybridized carbons (Fsp3) is 0.800. The Morgan fingerprint density at radius 2 is 2.38 bits per heavy atom. The Bertz CT molecular complexity index is 82.5. The number of alkyl halides is 1. The highest BCUT2D eigenvalue weighted by molar-refractivity contribution is 6.21. The molecular formula is C5H10ClNO. The molecule has 0 aliphatic carbocycles. The van der Waals surface area contributed by atoms with E-state index in [1.165, 1.54) is 0 Å². The van der Waals surface area contributed by atoms with Gasteiger partial charge in [-0.05, 0) is 6.92 Å². The summed E-state index contributed by atoms with van der Waals surface area (Å²) in [5.41, 5.74) is 5.01. The van der Waals surface area contributed by atoms with Crippen molar-refractivity contribution in [1.82, 2.24) is 0 Å². The third-order valence-corrected chi connectivity index (χ3v) is 0.891. The lowest BCUT2D eigenvalue weighted by molar-refractivity contribution is -0.117. The van der Waals surface area contributed by atoms with E-state index in [1.54, 1.807) is 6.92 Å². The molecule has 0 unspecified atom stereocenters. The number of hydrogen-bond donors (Lipinski definition) is 1. The van der Waals surface area contributed by atoms with E-state index in [0.29, 0.717) is 6.42 Å². The Kier molecular flexibility index (Phi) is 3.83. The number of halogens is 1. The predicted octanol–water partition coefficient (Wildman–Crippen LogP) is 0.532. The second-order valence-corrected chi connectivity index (χ2v) is 2.47. The molecule has 0 aromatic carbocycles. The second kappa shape index (κ2) is 3.87. The van der Waals surface area contributed by atoms with Gasteiger partial charge >= 0.3 is 0 Å². The Labute approximate surface area is 54.0 Å². The quantitative estimate of drug-likeness (QED) is 0.574. The summed E-state index contributed by atoms with van der Waals surface area (Å²) in [5, 5.41) is -0.0777. The van der Waals surface area contributed by atoms with Gasteiger partial charge in [0.15, 0.2) is 0 Å². The summed E-state index contributed by atoms with van der Waals surface area (Å²) in [5.74, 6) is 0.0208. The molecule has 2 N–H and O–H groups in total. The van der Waals surface area contributed by atoms with Gasteiger partial charge in [0, 0.05) is 11.8 Å². The van der Waals surface area contributed by atoms with Gasteiger partial charge in [0.1, 0.15) is 5.78 Å². The summed E-state index contributed by atoms with van der Waals surface area (Å²) in [4.78, 5) is 10.4. The lowest BCUT2D eigenvalue weighted by Gasteiger charge is -1.96. The Morgan fingerprint density at radius 3 is 2.50 bits per heavy atom. The molecular weight excluding hydrogens is 126 g/mol. The maximum absolute atomic E-state index is 10.4. The molecule has 8 heavy (non-hydrogen) atoms. The molecule has 0 aromatic rings. The molecule has 3 heteroatoms. The molecule has 0 heterocycles. The summed E-state index contributed by atoms with van der Waals surface area (Å²) in [6, 6.07) is 0. The highest BCUT2D eigenvalue weighted by Crippen LogP contribution is 1.98. The van der Waals surface area contributed by atoms with Gasteiger partial charge in [0.05, 0.1) is 6.54 Å². The van der Waals surface area contributed by atoms with Gasteiger partial charge in [-0.15, -0.1) is 11.6 Å². The summed E-state index contributed by atoms with van der Waals surface area (Å²) >= 11 is 5.48. The van der Waals surface area contributed by atoms with Gasteiger partial charge in [-0.3, -0.25) is 4.79 Å². The van der Waals surface area contributed by atoms with E-state index in [2.05, 4.69) is 0 Å². The first-order valence-electron chi connectivity index (χ1n) is 2.52. The van der Waals surface area contributed by atoms with Crippen molar-refractivity contribution < 1.29 is 4.79 Å². The molecule has 0 amide bonds. The van der Waals surface area contributed by atoms with Crippen molar-refractivity contribution >= 4 is 17.4 Å². The smallest absolute Gasteiger partial charge is 0.147 e. The number of hydrogen-bond acceptors (Lipinski definition) is 2. The normalized spacial score (nSPS) is 13.4. The van der Waals surface area contributed by atoms with Crippen LogP contribution in [0.3, 0.4) is 0 Å². The lowest BCUT2D eigenvalue weighted by atomic mass is 10.2. The van der Waals surface area contributed by atoms with Crippen molar-refractivity contribution in [1.29, 1.82) is 0 Å². The molecule has 2 nitrogen and oxygen atoms in total. The van der Waals surface area contributed by atoms with Crippen molar-refractivity contribution in [3.63, 3.8) is 0 Å². The fourth-order valence-corrected chi connectivity index (χ4v) is 0.569. The third-order valence-electron chi connectivity index (χ3n) is 0.737. The molecule has 0 fully saturated rings. The first kappa shape index (κ1) is 7.92. The number of carbonyl (C=O) groups excluding carboxylic acids is 1. The number of nitrogens with two attached hydrogens (primary N) is 1. The minimum absolute atomic E-state index is 0.0208. The average Bonchev–Trinajstić information content (AvgIpc) is 1.65. The second-order valence-electron chi connectivity index (χ2n) is 1.73. The van der Waals surface area contributed by atoms with E-state index in [1.807, 2.05) is 0 Å². The van der Waals surface area contributed by atoms with Crippen molar-refractivity contribution in [3.05, 3.63) is 0 Å². The molecule has 0 radical (unpaired) electrons. The highest BCUT2D eigenvalue weighted by atomic mass is 35.5. The molecule has 1 atom stereocenters. The van der Waals surface area contributed by atoms with Crippen molar-refractivity contribution in [2.24, 2.45) is 5.73 Å². The number of ketones is 1. The zero-order valence-corrected chi connectivity index (χ0v) is 5.61. The molecule has 0 saturated carbocycles. The van der Waals surface area contributed by atoms with Gasteiger partial charge in [0.25, 0.3) is 0 Å². The van der Waals surface area contributed by atoms with Crippen LogP contribution < -0.4 is 5.73 Å².